The lowest BCUT2D eigenvalue weighted by Crippen LogP contribution is -2.35. The number of hydrogen-bond donors (Lipinski definition) is 2. The Hall–Kier alpha value is -1.81. The number of carbonyl (C=O) groups excluding carboxylic acids is 1. The molecule has 1 saturated carbocycles. The normalized spacial score (nSPS) is 14.8. The summed E-state index contributed by atoms with van der Waals surface area (Å²) in [5.41, 5.74) is 4.10. The fraction of sp³-hybridized carbons (Fsp3) is 0.438. The molecule has 1 aromatic heterocycles. The van der Waals surface area contributed by atoms with Gasteiger partial charge in [-0.3, -0.25) is 4.79 Å². The highest BCUT2D eigenvalue weighted by Gasteiger charge is 2.32. The third-order valence-electron chi connectivity index (χ3n) is 4.14. The Morgan fingerprint density at radius 3 is 2.80 bits per heavy atom. The number of aromatic amines is 1. The van der Waals surface area contributed by atoms with Crippen molar-refractivity contribution in [2.45, 2.75) is 32.7 Å². The number of aromatic nitrogens is 1. The Balaban J connectivity index is 1.96. The minimum Gasteiger partial charge on any atom is -0.395 e. The molecule has 2 N–H and O–H groups in total. The summed E-state index contributed by atoms with van der Waals surface area (Å²) in [7, 11) is 0. The number of amides is 1. The first-order valence-electron chi connectivity index (χ1n) is 7.12. The number of nitrogens with zero attached hydrogens (tertiary/aromatic N) is 1. The van der Waals surface area contributed by atoms with Gasteiger partial charge in [-0.05, 0) is 50.5 Å². The average molecular weight is 272 g/mol. The van der Waals surface area contributed by atoms with Gasteiger partial charge in [-0.1, -0.05) is 0 Å². The fourth-order valence-electron chi connectivity index (χ4n) is 2.70. The molecule has 0 saturated heterocycles. The van der Waals surface area contributed by atoms with E-state index in [1.165, 1.54) is 5.56 Å². The van der Waals surface area contributed by atoms with Crippen molar-refractivity contribution < 1.29 is 9.90 Å². The summed E-state index contributed by atoms with van der Waals surface area (Å²) in [5, 5.41) is 10.2. The number of aliphatic hydroxyl groups excluding tert-OH is 1. The third kappa shape index (κ3) is 2.20. The van der Waals surface area contributed by atoms with Crippen molar-refractivity contribution in [2.75, 3.05) is 13.2 Å². The molecule has 106 valence electrons. The van der Waals surface area contributed by atoms with E-state index in [1.54, 1.807) is 4.90 Å². The first-order valence-corrected chi connectivity index (χ1v) is 7.12. The maximum atomic E-state index is 12.6. The molecule has 0 spiro atoms. The van der Waals surface area contributed by atoms with Crippen molar-refractivity contribution >= 4 is 16.8 Å². The Labute approximate surface area is 118 Å². The summed E-state index contributed by atoms with van der Waals surface area (Å²) in [5.74, 6) is 0.0294. The number of rotatable bonds is 4. The molecule has 1 heterocycles. The standard InChI is InChI=1S/C16H20N2O2/c1-10-11(2)17-15-6-3-12(9-14(10)15)16(20)18(7-8-19)13-4-5-13/h3,6,9,13,17,19H,4-5,7-8H2,1-2H3. The van der Waals surface area contributed by atoms with Crippen molar-refractivity contribution in [1.29, 1.82) is 0 Å². The first-order chi connectivity index (χ1) is 9.61. The van der Waals surface area contributed by atoms with Crippen molar-refractivity contribution in [3.63, 3.8) is 0 Å². The molecule has 1 aromatic carbocycles. The van der Waals surface area contributed by atoms with Gasteiger partial charge in [0, 0.05) is 34.7 Å². The van der Waals surface area contributed by atoms with Crippen LogP contribution >= 0.6 is 0 Å². The van der Waals surface area contributed by atoms with Gasteiger partial charge in [0.15, 0.2) is 0 Å². The maximum Gasteiger partial charge on any atom is 0.254 e. The van der Waals surface area contributed by atoms with Crippen molar-refractivity contribution in [2.24, 2.45) is 0 Å². The summed E-state index contributed by atoms with van der Waals surface area (Å²) < 4.78 is 0. The number of nitrogens with one attached hydrogen (secondary N) is 1. The van der Waals surface area contributed by atoms with Crippen LogP contribution in [0.15, 0.2) is 18.2 Å². The van der Waals surface area contributed by atoms with Crippen LogP contribution in [0.2, 0.25) is 0 Å². The number of hydrogen-bond acceptors (Lipinski definition) is 2. The average Bonchev–Trinajstić information content (AvgIpc) is 3.24. The van der Waals surface area contributed by atoms with Crippen LogP contribution < -0.4 is 0 Å². The van der Waals surface area contributed by atoms with Gasteiger partial charge in [-0.2, -0.15) is 0 Å². The SMILES string of the molecule is Cc1[nH]c2ccc(C(=O)N(CCO)C3CC3)cc2c1C. The second-order valence-electron chi connectivity index (χ2n) is 5.59. The quantitative estimate of drug-likeness (QED) is 0.898. The zero-order valence-electron chi connectivity index (χ0n) is 11.9. The lowest BCUT2D eigenvalue weighted by molar-refractivity contribution is 0.0708. The van der Waals surface area contributed by atoms with E-state index in [0.717, 1.165) is 29.4 Å². The minimum atomic E-state index is 0.0206. The highest BCUT2D eigenvalue weighted by atomic mass is 16.3. The van der Waals surface area contributed by atoms with Crippen LogP contribution in [0.1, 0.15) is 34.5 Å². The van der Waals surface area contributed by atoms with Gasteiger partial charge in [-0.25, -0.2) is 0 Å². The second-order valence-corrected chi connectivity index (χ2v) is 5.59. The molecule has 0 radical (unpaired) electrons. The largest absolute Gasteiger partial charge is 0.395 e. The van der Waals surface area contributed by atoms with Crippen molar-refractivity contribution in [3.8, 4) is 0 Å². The molecule has 0 bridgehead atoms. The molecule has 20 heavy (non-hydrogen) atoms. The van der Waals surface area contributed by atoms with Gasteiger partial charge in [0.05, 0.1) is 6.61 Å². The summed E-state index contributed by atoms with van der Waals surface area (Å²) in [6.07, 6.45) is 2.10. The van der Waals surface area contributed by atoms with Crippen LogP contribution in [0.4, 0.5) is 0 Å². The molecule has 4 heteroatoms. The molecule has 4 nitrogen and oxygen atoms in total. The predicted octanol–water partition coefficient (Wildman–Crippen LogP) is 2.38. The Bertz CT molecular complexity index is 656. The summed E-state index contributed by atoms with van der Waals surface area (Å²) in [4.78, 5) is 17.7. The lowest BCUT2D eigenvalue weighted by Gasteiger charge is -2.21. The van der Waals surface area contributed by atoms with E-state index in [-0.39, 0.29) is 12.5 Å². The van der Waals surface area contributed by atoms with E-state index in [4.69, 9.17) is 5.11 Å². The molecule has 2 aromatic rings. The van der Waals surface area contributed by atoms with E-state index in [2.05, 4.69) is 11.9 Å². The Morgan fingerprint density at radius 1 is 1.40 bits per heavy atom. The first kappa shape index (κ1) is 13.2. The van der Waals surface area contributed by atoms with E-state index in [0.29, 0.717) is 18.2 Å². The van der Waals surface area contributed by atoms with Crippen LogP contribution in [-0.2, 0) is 0 Å². The third-order valence-corrected chi connectivity index (χ3v) is 4.14. The van der Waals surface area contributed by atoms with Crippen LogP contribution in [0.5, 0.6) is 0 Å². The van der Waals surface area contributed by atoms with E-state index < -0.39 is 0 Å². The molecule has 1 aliphatic carbocycles. The van der Waals surface area contributed by atoms with Gasteiger partial charge >= 0.3 is 0 Å². The second kappa shape index (κ2) is 4.94. The van der Waals surface area contributed by atoms with Gasteiger partial charge in [0.2, 0.25) is 0 Å². The zero-order valence-corrected chi connectivity index (χ0v) is 11.9. The predicted molar refractivity (Wildman–Crippen MR) is 78.9 cm³/mol. The molecule has 0 unspecified atom stereocenters. The zero-order chi connectivity index (χ0) is 14.3. The smallest absolute Gasteiger partial charge is 0.254 e. The highest BCUT2D eigenvalue weighted by Crippen LogP contribution is 2.29. The Morgan fingerprint density at radius 2 is 2.15 bits per heavy atom. The van der Waals surface area contributed by atoms with E-state index >= 15 is 0 Å². The van der Waals surface area contributed by atoms with E-state index in [1.807, 2.05) is 25.1 Å². The number of fused-ring (bicyclic) bond motifs is 1. The number of carbonyl (C=O) groups is 1. The van der Waals surface area contributed by atoms with Gasteiger partial charge in [-0.15, -0.1) is 0 Å². The molecule has 1 aliphatic rings. The van der Waals surface area contributed by atoms with Crippen LogP contribution in [0.3, 0.4) is 0 Å². The highest BCUT2D eigenvalue weighted by molar-refractivity contribution is 5.99. The van der Waals surface area contributed by atoms with Crippen LogP contribution in [0, 0.1) is 13.8 Å². The van der Waals surface area contributed by atoms with Crippen LogP contribution in [-0.4, -0.2) is 40.1 Å². The monoisotopic (exact) mass is 272 g/mol. The molecule has 0 atom stereocenters. The summed E-state index contributed by atoms with van der Waals surface area (Å²) >= 11 is 0. The summed E-state index contributed by atoms with van der Waals surface area (Å²) in [6, 6.07) is 6.11. The molecule has 0 aliphatic heterocycles. The maximum absolute atomic E-state index is 12.6. The molecular formula is C16H20N2O2. The van der Waals surface area contributed by atoms with Crippen molar-refractivity contribution in [3.05, 3.63) is 35.0 Å². The fourth-order valence-corrected chi connectivity index (χ4v) is 2.70. The number of H-pyrrole nitrogens is 1. The number of benzene rings is 1. The Kier molecular flexibility index (Phi) is 3.26. The van der Waals surface area contributed by atoms with Gasteiger partial charge in [0.25, 0.3) is 5.91 Å². The number of aliphatic hydroxyl groups is 1. The topological polar surface area (TPSA) is 56.3 Å². The van der Waals surface area contributed by atoms with Gasteiger partial charge < -0.3 is 15.0 Å². The minimum absolute atomic E-state index is 0.0206. The lowest BCUT2D eigenvalue weighted by atomic mass is 10.1. The van der Waals surface area contributed by atoms with Crippen LogP contribution in [0.25, 0.3) is 10.9 Å². The molecular weight excluding hydrogens is 252 g/mol. The number of aryl methyl sites for hydroxylation is 2. The van der Waals surface area contributed by atoms with E-state index in [9.17, 15) is 4.79 Å². The summed E-state index contributed by atoms with van der Waals surface area (Å²) in [6.45, 7) is 4.55. The molecule has 3 rings (SSSR count). The molecule has 1 fully saturated rings. The van der Waals surface area contributed by atoms with Crippen molar-refractivity contribution in [1.82, 2.24) is 9.88 Å². The molecule has 1 amide bonds. The van der Waals surface area contributed by atoms with Gasteiger partial charge in [0.1, 0.15) is 0 Å².